The lowest BCUT2D eigenvalue weighted by Gasteiger charge is -2.00. The summed E-state index contributed by atoms with van der Waals surface area (Å²) in [4.78, 5) is 0. The summed E-state index contributed by atoms with van der Waals surface area (Å²) >= 11 is 3.49. The maximum Gasteiger partial charge on any atom is 0.231 e. The molecule has 0 radical (unpaired) electrons. The SMILES string of the molecule is BrC1=Cc2cc3c(cc2C1)OCO3. The molecular formula is C10H7BrO2. The van der Waals surface area contributed by atoms with E-state index in [0.717, 1.165) is 17.9 Å². The Hall–Kier alpha value is -0.960. The molecule has 0 bridgehead atoms. The standard InChI is InChI=1S/C10H7BrO2/c11-8-1-6-3-9-10(13-5-12-9)4-7(6)2-8/h1,3-4H,2,5H2. The highest BCUT2D eigenvalue weighted by Crippen LogP contribution is 2.39. The van der Waals surface area contributed by atoms with Gasteiger partial charge in [-0.15, -0.1) is 0 Å². The first kappa shape index (κ1) is 7.44. The maximum absolute atomic E-state index is 5.30. The summed E-state index contributed by atoms with van der Waals surface area (Å²) in [6.45, 7) is 0.350. The topological polar surface area (TPSA) is 18.5 Å². The van der Waals surface area contributed by atoms with Gasteiger partial charge in [0.2, 0.25) is 6.79 Å². The Morgan fingerprint density at radius 3 is 2.77 bits per heavy atom. The summed E-state index contributed by atoms with van der Waals surface area (Å²) in [5.41, 5.74) is 2.53. The Morgan fingerprint density at radius 2 is 1.92 bits per heavy atom. The highest BCUT2D eigenvalue weighted by Gasteiger charge is 2.19. The van der Waals surface area contributed by atoms with Gasteiger partial charge in [0, 0.05) is 10.9 Å². The Bertz CT molecular complexity index is 410. The van der Waals surface area contributed by atoms with Crippen molar-refractivity contribution in [3.05, 3.63) is 27.7 Å². The number of fused-ring (bicyclic) bond motifs is 2. The second kappa shape index (κ2) is 2.51. The van der Waals surface area contributed by atoms with Gasteiger partial charge in [0.15, 0.2) is 11.5 Å². The van der Waals surface area contributed by atoms with Crippen LogP contribution >= 0.6 is 15.9 Å². The molecule has 1 aromatic rings. The molecule has 0 amide bonds. The first-order valence-electron chi connectivity index (χ1n) is 4.11. The fourth-order valence-electron chi connectivity index (χ4n) is 1.69. The lowest BCUT2D eigenvalue weighted by atomic mass is 10.1. The van der Waals surface area contributed by atoms with Crippen LogP contribution in [0.15, 0.2) is 16.6 Å². The largest absolute Gasteiger partial charge is 0.454 e. The zero-order chi connectivity index (χ0) is 8.84. The van der Waals surface area contributed by atoms with Crippen LogP contribution in [0, 0.1) is 0 Å². The lowest BCUT2D eigenvalue weighted by molar-refractivity contribution is 0.174. The molecule has 0 N–H and O–H groups in total. The van der Waals surface area contributed by atoms with Crippen molar-refractivity contribution in [1.82, 2.24) is 0 Å². The van der Waals surface area contributed by atoms with Crippen molar-refractivity contribution in [2.45, 2.75) is 6.42 Å². The van der Waals surface area contributed by atoms with Crippen LogP contribution in [0.2, 0.25) is 0 Å². The van der Waals surface area contributed by atoms with Gasteiger partial charge in [-0.1, -0.05) is 15.9 Å². The molecule has 2 nitrogen and oxygen atoms in total. The minimum Gasteiger partial charge on any atom is -0.454 e. The molecule has 0 unspecified atom stereocenters. The van der Waals surface area contributed by atoms with Crippen molar-refractivity contribution in [1.29, 1.82) is 0 Å². The van der Waals surface area contributed by atoms with Crippen molar-refractivity contribution in [3.63, 3.8) is 0 Å². The summed E-state index contributed by atoms with van der Waals surface area (Å²) in [6, 6.07) is 4.09. The van der Waals surface area contributed by atoms with E-state index in [1.165, 1.54) is 15.6 Å². The summed E-state index contributed by atoms with van der Waals surface area (Å²) in [6.07, 6.45) is 3.09. The molecule has 0 atom stereocenters. The fraction of sp³-hybridized carbons (Fsp3) is 0.200. The smallest absolute Gasteiger partial charge is 0.231 e. The normalized spacial score (nSPS) is 17.2. The predicted molar refractivity (Wildman–Crippen MR) is 53.2 cm³/mol. The Kier molecular flexibility index (Phi) is 1.44. The molecule has 2 aliphatic rings. The monoisotopic (exact) mass is 238 g/mol. The molecule has 0 aromatic heterocycles. The molecule has 66 valence electrons. The predicted octanol–water partition coefficient (Wildman–Crippen LogP) is 2.71. The van der Waals surface area contributed by atoms with Gasteiger partial charge in [-0.05, 0) is 29.3 Å². The van der Waals surface area contributed by atoms with Gasteiger partial charge in [-0.2, -0.15) is 0 Å². The molecule has 13 heavy (non-hydrogen) atoms. The second-order valence-electron chi connectivity index (χ2n) is 3.17. The van der Waals surface area contributed by atoms with E-state index in [0.29, 0.717) is 6.79 Å². The average Bonchev–Trinajstić information content (AvgIpc) is 2.63. The van der Waals surface area contributed by atoms with Gasteiger partial charge in [0.05, 0.1) is 0 Å². The zero-order valence-electron chi connectivity index (χ0n) is 6.84. The molecule has 0 saturated heterocycles. The fourth-order valence-corrected chi connectivity index (χ4v) is 2.24. The Labute approximate surface area is 84.3 Å². The Morgan fingerprint density at radius 1 is 1.15 bits per heavy atom. The summed E-state index contributed by atoms with van der Waals surface area (Å²) in [7, 11) is 0. The number of rotatable bonds is 0. The van der Waals surface area contributed by atoms with Gasteiger partial charge < -0.3 is 9.47 Å². The van der Waals surface area contributed by atoms with Crippen LogP contribution in [0.3, 0.4) is 0 Å². The number of benzene rings is 1. The van der Waals surface area contributed by atoms with Crippen molar-refractivity contribution < 1.29 is 9.47 Å². The van der Waals surface area contributed by atoms with E-state index in [9.17, 15) is 0 Å². The quantitative estimate of drug-likeness (QED) is 0.692. The van der Waals surface area contributed by atoms with Gasteiger partial charge in [-0.25, -0.2) is 0 Å². The lowest BCUT2D eigenvalue weighted by Crippen LogP contribution is -1.92. The van der Waals surface area contributed by atoms with Crippen LogP contribution < -0.4 is 9.47 Å². The molecule has 3 rings (SSSR count). The van der Waals surface area contributed by atoms with Gasteiger partial charge in [-0.3, -0.25) is 0 Å². The first-order valence-corrected chi connectivity index (χ1v) is 4.91. The molecule has 0 fully saturated rings. The van der Waals surface area contributed by atoms with E-state index in [-0.39, 0.29) is 0 Å². The first-order chi connectivity index (χ1) is 6.33. The highest BCUT2D eigenvalue weighted by molar-refractivity contribution is 9.11. The third-order valence-corrected chi connectivity index (χ3v) is 2.82. The molecule has 1 aliphatic carbocycles. The maximum atomic E-state index is 5.30. The van der Waals surface area contributed by atoms with Crippen LogP contribution in [-0.4, -0.2) is 6.79 Å². The minimum absolute atomic E-state index is 0.350. The van der Waals surface area contributed by atoms with Crippen LogP contribution in [0.1, 0.15) is 11.1 Å². The van der Waals surface area contributed by atoms with E-state index in [1.54, 1.807) is 0 Å². The van der Waals surface area contributed by atoms with Crippen LogP contribution in [0.4, 0.5) is 0 Å². The van der Waals surface area contributed by atoms with Crippen molar-refractivity contribution >= 4 is 22.0 Å². The van der Waals surface area contributed by atoms with Gasteiger partial charge in [0.25, 0.3) is 0 Å². The molecular weight excluding hydrogens is 232 g/mol. The number of hydrogen-bond donors (Lipinski definition) is 0. The molecule has 1 aliphatic heterocycles. The van der Waals surface area contributed by atoms with Crippen molar-refractivity contribution in [3.8, 4) is 11.5 Å². The molecule has 0 saturated carbocycles. The molecule has 1 aromatic carbocycles. The van der Waals surface area contributed by atoms with Crippen LogP contribution in [0.5, 0.6) is 11.5 Å². The van der Waals surface area contributed by atoms with Crippen molar-refractivity contribution in [2.75, 3.05) is 6.79 Å². The van der Waals surface area contributed by atoms with E-state index in [2.05, 4.69) is 28.1 Å². The number of ether oxygens (including phenoxy) is 2. The number of allylic oxidation sites excluding steroid dienone is 1. The minimum atomic E-state index is 0.350. The van der Waals surface area contributed by atoms with E-state index in [4.69, 9.17) is 9.47 Å². The van der Waals surface area contributed by atoms with E-state index in [1.807, 2.05) is 6.07 Å². The average molecular weight is 239 g/mol. The van der Waals surface area contributed by atoms with Crippen molar-refractivity contribution in [2.24, 2.45) is 0 Å². The van der Waals surface area contributed by atoms with Crippen LogP contribution in [0.25, 0.3) is 6.08 Å². The van der Waals surface area contributed by atoms with Crippen LogP contribution in [-0.2, 0) is 6.42 Å². The van der Waals surface area contributed by atoms with Gasteiger partial charge in [0.1, 0.15) is 0 Å². The number of halogens is 1. The summed E-state index contributed by atoms with van der Waals surface area (Å²) in [5.74, 6) is 1.73. The zero-order valence-corrected chi connectivity index (χ0v) is 8.43. The van der Waals surface area contributed by atoms with E-state index < -0.39 is 0 Å². The van der Waals surface area contributed by atoms with Gasteiger partial charge >= 0.3 is 0 Å². The van der Waals surface area contributed by atoms with E-state index >= 15 is 0 Å². The Balaban J connectivity index is 2.17. The summed E-state index contributed by atoms with van der Waals surface area (Å²) < 4.78 is 11.8. The third kappa shape index (κ3) is 1.07. The molecule has 0 spiro atoms. The second-order valence-corrected chi connectivity index (χ2v) is 4.19. The molecule has 3 heteroatoms. The highest BCUT2D eigenvalue weighted by atomic mass is 79.9. The molecule has 1 heterocycles. The number of hydrogen-bond acceptors (Lipinski definition) is 2. The summed E-state index contributed by atoms with van der Waals surface area (Å²) in [5, 5.41) is 0. The third-order valence-electron chi connectivity index (χ3n) is 2.31.